The molecule has 0 heterocycles. The molecule has 0 aromatic rings. The molecule has 0 rings (SSSR count). The van der Waals surface area contributed by atoms with Crippen LogP contribution in [0.5, 0.6) is 0 Å². The van der Waals surface area contributed by atoms with Crippen LogP contribution in [0.2, 0.25) is 0 Å². The number of hydrogen-bond donors (Lipinski definition) is 2. The summed E-state index contributed by atoms with van der Waals surface area (Å²) < 4.78 is 0. The van der Waals surface area contributed by atoms with Crippen molar-refractivity contribution in [1.29, 1.82) is 0 Å². The number of allylic oxidation sites excluding steroid dienone is 3. The first-order valence-corrected chi connectivity index (χ1v) is 3.22. The lowest BCUT2D eigenvalue weighted by Crippen LogP contribution is -1.96. The first kappa shape index (κ1) is 9.40. The van der Waals surface area contributed by atoms with Gasteiger partial charge in [-0.05, 0) is 12.2 Å². The molecule has 0 amide bonds. The van der Waals surface area contributed by atoms with E-state index in [1.807, 2.05) is 0 Å². The molecule has 4 N–H and O–H groups in total. The Hall–Kier alpha value is -0.600. The Labute approximate surface area is 69.8 Å². The van der Waals surface area contributed by atoms with Crippen molar-refractivity contribution in [3.63, 3.8) is 0 Å². The first-order chi connectivity index (χ1) is 4.52. The second kappa shape index (κ2) is 4.25. The average molecular weight is 179 g/mol. The number of nitrogens with two attached hydrogens (primary N) is 2. The van der Waals surface area contributed by atoms with E-state index in [1.54, 1.807) is 0 Å². The van der Waals surface area contributed by atoms with Crippen molar-refractivity contribution in [3.05, 3.63) is 34.6 Å². The summed E-state index contributed by atoms with van der Waals surface area (Å²) in [5.41, 5.74) is 10.8. The molecule has 0 aliphatic heterocycles. The van der Waals surface area contributed by atoms with Gasteiger partial charge in [0.05, 0.1) is 0 Å². The van der Waals surface area contributed by atoms with Crippen molar-refractivity contribution >= 4 is 23.2 Å². The van der Waals surface area contributed by atoms with Gasteiger partial charge in [-0.25, -0.2) is 0 Å². The summed E-state index contributed by atoms with van der Waals surface area (Å²) in [6.07, 6.45) is 2.84. The van der Waals surface area contributed by atoms with E-state index >= 15 is 0 Å². The number of rotatable bonds is 2. The molecule has 0 aromatic carbocycles. The van der Waals surface area contributed by atoms with E-state index in [9.17, 15) is 0 Å². The monoisotopic (exact) mass is 178 g/mol. The lowest BCUT2D eigenvalue weighted by atomic mass is 10.4. The summed E-state index contributed by atoms with van der Waals surface area (Å²) in [5, 5.41) is 0.457. The Kier molecular flexibility index (Phi) is 4.00. The molecule has 0 unspecified atom stereocenters. The van der Waals surface area contributed by atoms with Gasteiger partial charge in [0, 0.05) is 10.7 Å². The molecule has 0 saturated heterocycles. The molecule has 0 fully saturated rings. The van der Waals surface area contributed by atoms with Gasteiger partial charge in [0.1, 0.15) is 5.16 Å². The van der Waals surface area contributed by atoms with Crippen LogP contribution in [0.1, 0.15) is 0 Å². The zero-order chi connectivity index (χ0) is 8.15. The van der Waals surface area contributed by atoms with Gasteiger partial charge in [-0.1, -0.05) is 29.8 Å². The second-order valence-electron chi connectivity index (χ2n) is 1.62. The third-order valence-electron chi connectivity index (χ3n) is 0.628. The van der Waals surface area contributed by atoms with Crippen molar-refractivity contribution < 1.29 is 0 Å². The van der Waals surface area contributed by atoms with Crippen LogP contribution in [0.4, 0.5) is 0 Å². The summed E-state index contributed by atoms with van der Waals surface area (Å²) in [5.74, 6) is 0. The Bertz CT molecular complexity index is 190. The Morgan fingerprint density at radius 2 is 1.70 bits per heavy atom. The van der Waals surface area contributed by atoms with Crippen molar-refractivity contribution in [2.75, 3.05) is 0 Å². The Morgan fingerprint density at radius 3 is 2.00 bits per heavy atom. The van der Waals surface area contributed by atoms with Crippen LogP contribution in [0.3, 0.4) is 0 Å². The van der Waals surface area contributed by atoms with Crippen LogP contribution in [0.15, 0.2) is 34.6 Å². The van der Waals surface area contributed by atoms with Gasteiger partial charge in [0.25, 0.3) is 0 Å². The summed E-state index contributed by atoms with van der Waals surface area (Å²) in [7, 11) is 0. The van der Waals surface area contributed by atoms with Crippen molar-refractivity contribution in [2.45, 2.75) is 0 Å². The molecule has 0 saturated carbocycles. The lowest BCUT2D eigenvalue weighted by Gasteiger charge is -1.91. The molecule has 56 valence electrons. The Balaban J connectivity index is 4.22. The summed E-state index contributed by atoms with van der Waals surface area (Å²) in [4.78, 5) is 0. The van der Waals surface area contributed by atoms with Gasteiger partial charge in [-0.2, -0.15) is 0 Å². The standard InChI is InChI=1S/C6H8Cl2N2/c1-4(7)2-5(9)3-6(8)10/h2-3H,1,9-10H2/b5-2+,6-3-. The molecule has 10 heavy (non-hydrogen) atoms. The predicted molar refractivity (Wildman–Crippen MR) is 45.4 cm³/mol. The quantitative estimate of drug-likeness (QED) is 0.499. The van der Waals surface area contributed by atoms with Gasteiger partial charge < -0.3 is 11.5 Å². The summed E-state index contributed by atoms with van der Waals surface area (Å²) in [6.45, 7) is 3.40. The largest absolute Gasteiger partial charge is 0.399 e. The zero-order valence-electron chi connectivity index (χ0n) is 5.27. The molecular weight excluding hydrogens is 171 g/mol. The second-order valence-corrected chi connectivity index (χ2v) is 2.54. The first-order valence-electron chi connectivity index (χ1n) is 2.46. The van der Waals surface area contributed by atoms with Crippen LogP contribution < -0.4 is 11.5 Å². The molecule has 0 atom stereocenters. The van der Waals surface area contributed by atoms with Crippen LogP contribution >= 0.6 is 23.2 Å². The average Bonchev–Trinajstić information content (AvgIpc) is 1.58. The van der Waals surface area contributed by atoms with E-state index in [1.165, 1.54) is 12.2 Å². The molecule has 0 aliphatic carbocycles. The molecule has 2 nitrogen and oxygen atoms in total. The molecule has 4 heteroatoms. The van der Waals surface area contributed by atoms with Crippen LogP contribution in [0.25, 0.3) is 0 Å². The highest BCUT2D eigenvalue weighted by molar-refractivity contribution is 6.31. The third-order valence-corrected chi connectivity index (χ3v) is 0.846. The minimum atomic E-state index is 0.117. The maximum Gasteiger partial charge on any atom is 0.101 e. The minimum absolute atomic E-state index is 0.117. The number of hydrogen-bond acceptors (Lipinski definition) is 2. The maximum atomic E-state index is 5.39. The fourth-order valence-electron chi connectivity index (χ4n) is 0.382. The molecule has 0 aromatic heterocycles. The fourth-order valence-corrected chi connectivity index (χ4v) is 0.634. The smallest absolute Gasteiger partial charge is 0.101 e. The van der Waals surface area contributed by atoms with Crippen molar-refractivity contribution in [3.8, 4) is 0 Å². The molecule has 0 radical (unpaired) electrons. The van der Waals surface area contributed by atoms with Crippen molar-refractivity contribution in [2.24, 2.45) is 11.5 Å². The molecule has 0 aliphatic rings. The topological polar surface area (TPSA) is 52.0 Å². The highest BCUT2D eigenvalue weighted by Crippen LogP contribution is 2.03. The molecule has 0 spiro atoms. The van der Waals surface area contributed by atoms with E-state index in [4.69, 9.17) is 34.7 Å². The van der Waals surface area contributed by atoms with E-state index in [2.05, 4.69) is 6.58 Å². The Morgan fingerprint density at radius 1 is 1.20 bits per heavy atom. The lowest BCUT2D eigenvalue weighted by molar-refractivity contribution is 1.38. The predicted octanol–water partition coefficient (Wildman–Crippen LogP) is 1.62. The fraction of sp³-hybridized carbons (Fsp3) is 0. The van der Waals surface area contributed by atoms with Crippen molar-refractivity contribution in [1.82, 2.24) is 0 Å². The van der Waals surface area contributed by atoms with Gasteiger partial charge in [-0.3, -0.25) is 0 Å². The van der Waals surface area contributed by atoms with E-state index in [0.29, 0.717) is 10.7 Å². The molecular formula is C6H8Cl2N2. The van der Waals surface area contributed by atoms with Gasteiger partial charge in [-0.15, -0.1) is 0 Å². The van der Waals surface area contributed by atoms with Gasteiger partial charge in [0.15, 0.2) is 0 Å². The third kappa shape index (κ3) is 5.54. The van der Waals surface area contributed by atoms with Gasteiger partial charge in [0.2, 0.25) is 0 Å². The van der Waals surface area contributed by atoms with E-state index < -0.39 is 0 Å². The summed E-state index contributed by atoms with van der Waals surface area (Å²) >= 11 is 10.7. The maximum absolute atomic E-state index is 5.39. The highest BCUT2D eigenvalue weighted by atomic mass is 35.5. The summed E-state index contributed by atoms with van der Waals surface area (Å²) in [6, 6.07) is 0. The molecule has 0 bridgehead atoms. The minimum Gasteiger partial charge on any atom is -0.399 e. The number of halogens is 2. The van der Waals surface area contributed by atoms with E-state index in [-0.39, 0.29) is 5.16 Å². The van der Waals surface area contributed by atoms with E-state index in [0.717, 1.165) is 0 Å². The van der Waals surface area contributed by atoms with Crippen LogP contribution in [0, 0.1) is 0 Å². The van der Waals surface area contributed by atoms with Gasteiger partial charge >= 0.3 is 0 Å². The normalized spacial score (nSPS) is 13.4. The van der Waals surface area contributed by atoms with Crippen LogP contribution in [-0.4, -0.2) is 0 Å². The zero-order valence-corrected chi connectivity index (χ0v) is 6.78. The van der Waals surface area contributed by atoms with Crippen LogP contribution in [-0.2, 0) is 0 Å². The highest BCUT2D eigenvalue weighted by Gasteiger charge is 1.86. The SMILES string of the molecule is C=C(Cl)/C=C(N)\C=C(/N)Cl.